The van der Waals surface area contributed by atoms with Gasteiger partial charge in [-0.25, -0.2) is 9.50 Å². The Labute approximate surface area is 77.6 Å². The molecule has 0 unspecified atom stereocenters. The van der Waals surface area contributed by atoms with E-state index in [9.17, 15) is 0 Å². The van der Waals surface area contributed by atoms with Gasteiger partial charge in [-0.15, -0.1) is 0 Å². The SMILES string of the molecule is CC.Cc1cn2ncnc2nc1C. The van der Waals surface area contributed by atoms with Crippen LogP contribution < -0.4 is 0 Å². The highest BCUT2D eigenvalue weighted by molar-refractivity contribution is 5.29. The number of rotatable bonds is 0. The van der Waals surface area contributed by atoms with Crippen molar-refractivity contribution in [3.05, 3.63) is 23.8 Å². The molecule has 0 aromatic carbocycles. The number of aryl methyl sites for hydroxylation is 2. The van der Waals surface area contributed by atoms with Crippen LogP contribution in [0.3, 0.4) is 0 Å². The molecule has 0 fully saturated rings. The molecule has 0 amide bonds. The minimum Gasteiger partial charge on any atom is -0.216 e. The molecule has 13 heavy (non-hydrogen) atoms. The van der Waals surface area contributed by atoms with Crippen LogP contribution in [-0.4, -0.2) is 19.6 Å². The normalized spacial score (nSPS) is 9.54. The molecular weight excluding hydrogens is 164 g/mol. The van der Waals surface area contributed by atoms with Crippen molar-refractivity contribution in [1.82, 2.24) is 19.6 Å². The topological polar surface area (TPSA) is 43.1 Å². The van der Waals surface area contributed by atoms with Gasteiger partial charge in [0.25, 0.3) is 5.78 Å². The molecule has 2 aromatic heterocycles. The van der Waals surface area contributed by atoms with Crippen molar-refractivity contribution in [3.8, 4) is 0 Å². The molecule has 4 nitrogen and oxygen atoms in total. The molecule has 0 radical (unpaired) electrons. The molecule has 0 aliphatic rings. The van der Waals surface area contributed by atoms with Gasteiger partial charge in [0.1, 0.15) is 6.33 Å². The number of nitrogens with zero attached hydrogens (tertiary/aromatic N) is 4. The monoisotopic (exact) mass is 178 g/mol. The number of hydrogen-bond acceptors (Lipinski definition) is 3. The van der Waals surface area contributed by atoms with Gasteiger partial charge >= 0.3 is 0 Å². The summed E-state index contributed by atoms with van der Waals surface area (Å²) >= 11 is 0. The Hall–Kier alpha value is -1.45. The van der Waals surface area contributed by atoms with Gasteiger partial charge in [-0.3, -0.25) is 0 Å². The summed E-state index contributed by atoms with van der Waals surface area (Å²) in [5.41, 5.74) is 2.13. The summed E-state index contributed by atoms with van der Waals surface area (Å²) in [7, 11) is 0. The van der Waals surface area contributed by atoms with Gasteiger partial charge < -0.3 is 0 Å². The lowest BCUT2D eigenvalue weighted by Gasteiger charge is -1.97. The van der Waals surface area contributed by atoms with E-state index in [4.69, 9.17) is 0 Å². The molecule has 0 spiro atoms. The molecule has 4 heteroatoms. The first-order chi connectivity index (χ1) is 6.27. The molecule has 2 rings (SSSR count). The summed E-state index contributed by atoms with van der Waals surface area (Å²) in [5.74, 6) is 0.660. The Balaban J connectivity index is 0.000000396. The smallest absolute Gasteiger partial charge is 0.216 e. The average Bonchev–Trinajstić information content (AvgIpc) is 2.56. The van der Waals surface area contributed by atoms with Gasteiger partial charge in [-0.2, -0.15) is 10.1 Å². The van der Waals surface area contributed by atoms with Crippen LogP contribution in [0.1, 0.15) is 25.1 Å². The van der Waals surface area contributed by atoms with E-state index in [0.29, 0.717) is 5.78 Å². The van der Waals surface area contributed by atoms with Crippen LogP contribution in [-0.2, 0) is 0 Å². The zero-order valence-corrected chi connectivity index (χ0v) is 8.44. The summed E-state index contributed by atoms with van der Waals surface area (Å²) < 4.78 is 1.67. The molecule has 0 saturated heterocycles. The lowest BCUT2D eigenvalue weighted by molar-refractivity contribution is 0.914. The third-order valence-corrected chi connectivity index (χ3v) is 1.71. The van der Waals surface area contributed by atoms with Crippen molar-refractivity contribution in [2.75, 3.05) is 0 Å². The molecule has 0 aliphatic heterocycles. The van der Waals surface area contributed by atoms with E-state index in [0.717, 1.165) is 11.3 Å². The van der Waals surface area contributed by atoms with Crippen molar-refractivity contribution in [2.45, 2.75) is 27.7 Å². The number of fused-ring (bicyclic) bond motifs is 1. The maximum atomic E-state index is 4.22. The van der Waals surface area contributed by atoms with Crippen LogP contribution in [0.5, 0.6) is 0 Å². The minimum absolute atomic E-state index is 0.660. The van der Waals surface area contributed by atoms with Crippen LogP contribution in [0.2, 0.25) is 0 Å². The zero-order chi connectivity index (χ0) is 9.84. The van der Waals surface area contributed by atoms with E-state index in [1.165, 1.54) is 6.33 Å². The lowest BCUT2D eigenvalue weighted by atomic mass is 10.3. The van der Waals surface area contributed by atoms with E-state index in [-0.39, 0.29) is 0 Å². The van der Waals surface area contributed by atoms with E-state index in [1.807, 2.05) is 33.9 Å². The van der Waals surface area contributed by atoms with Crippen molar-refractivity contribution < 1.29 is 0 Å². The molecule has 0 saturated carbocycles. The van der Waals surface area contributed by atoms with Crippen molar-refractivity contribution in [3.63, 3.8) is 0 Å². The molecule has 0 aliphatic carbocycles. The van der Waals surface area contributed by atoms with E-state index in [2.05, 4.69) is 15.1 Å². The molecule has 0 N–H and O–H groups in total. The fraction of sp³-hybridized carbons (Fsp3) is 0.444. The van der Waals surface area contributed by atoms with Crippen LogP contribution in [0, 0.1) is 13.8 Å². The Morgan fingerprint density at radius 3 is 2.62 bits per heavy atom. The Morgan fingerprint density at radius 1 is 1.23 bits per heavy atom. The van der Waals surface area contributed by atoms with Crippen molar-refractivity contribution >= 4 is 5.78 Å². The van der Waals surface area contributed by atoms with Crippen molar-refractivity contribution in [1.29, 1.82) is 0 Å². The molecule has 0 atom stereocenters. The fourth-order valence-corrected chi connectivity index (χ4v) is 0.930. The Morgan fingerprint density at radius 2 is 1.92 bits per heavy atom. The molecular formula is C9H14N4. The summed E-state index contributed by atoms with van der Waals surface area (Å²) in [5, 5.41) is 3.96. The Bertz CT molecular complexity index is 355. The lowest BCUT2D eigenvalue weighted by Crippen LogP contribution is -1.95. The van der Waals surface area contributed by atoms with Crippen LogP contribution in [0.4, 0.5) is 0 Å². The average molecular weight is 178 g/mol. The summed E-state index contributed by atoms with van der Waals surface area (Å²) in [6, 6.07) is 0. The van der Waals surface area contributed by atoms with Gasteiger partial charge in [-0.05, 0) is 19.4 Å². The first kappa shape index (κ1) is 9.64. The van der Waals surface area contributed by atoms with Gasteiger partial charge in [-0.1, -0.05) is 13.8 Å². The molecule has 0 bridgehead atoms. The Kier molecular flexibility index (Phi) is 2.95. The predicted molar refractivity (Wildman–Crippen MR) is 51.6 cm³/mol. The molecule has 70 valence electrons. The van der Waals surface area contributed by atoms with Gasteiger partial charge in [0.2, 0.25) is 0 Å². The maximum Gasteiger partial charge on any atom is 0.252 e. The van der Waals surface area contributed by atoms with E-state index >= 15 is 0 Å². The highest BCUT2D eigenvalue weighted by Gasteiger charge is 1.98. The highest BCUT2D eigenvalue weighted by atomic mass is 15.3. The minimum atomic E-state index is 0.660. The first-order valence-electron chi connectivity index (χ1n) is 4.41. The fourth-order valence-electron chi connectivity index (χ4n) is 0.930. The second-order valence-electron chi connectivity index (χ2n) is 2.51. The van der Waals surface area contributed by atoms with Crippen LogP contribution in [0.25, 0.3) is 5.78 Å². The highest BCUT2D eigenvalue weighted by Crippen LogP contribution is 2.02. The largest absolute Gasteiger partial charge is 0.252 e. The second kappa shape index (κ2) is 3.98. The summed E-state index contributed by atoms with van der Waals surface area (Å²) in [6.07, 6.45) is 3.42. The summed E-state index contributed by atoms with van der Waals surface area (Å²) in [6.45, 7) is 7.97. The predicted octanol–water partition coefficient (Wildman–Crippen LogP) is 1.77. The molecule has 2 heterocycles. The summed E-state index contributed by atoms with van der Waals surface area (Å²) in [4.78, 5) is 8.19. The third kappa shape index (κ3) is 1.83. The third-order valence-electron chi connectivity index (χ3n) is 1.71. The quantitative estimate of drug-likeness (QED) is 0.617. The van der Waals surface area contributed by atoms with Gasteiger partial charge in [0.15, 0.2) is 0 Å². The van der Waals surface area contributed by atoms with Gasteiger partial charge in [0, 0.05) is 11.9 Å². The standard InChI is InChI=1S/C7H8N4.C2H6/c1-5-3-11-7(8-4-9-11)10-6(5)2;1-2/h3-4H,1-2H3;1-2H3. The van der Waals surface area contributed by atoms with Crippen LogP contribution in [0.15, 0.2) is 12.5 Å². The first-order valence-corrected chi connectivity index (χ1v) is 4.41. The second-order valence-corrected chi connectivity index (χ2v) is 2.51. The maximum absolute atomic E-state index is 4.22. The van der Waals surface area contributed by atoms with E-state index in [1.54, 1.807) is 4.52 Å². The van der Waals surface area contributed by atoms with E-state index < -0.39 is 0 Å². The van der Waals surface area contributed by atoms with Crippen LogP contribution >= 0.6 is 0 Å². The van der Waals surface area contributed by atoms with Gasteiger partial charge in [0.05, 0.1) is 0 Å². The number of aromatic nitrogens is 4. The van der Waals surface area contributed by atoms with Crippen molar-refractivity contribution in [2.24, 2.45) is 0 Å². The zero-order valence-electron chi connectivity index (χ0n) is 8.44. The molecule has 2 aromatic rings. The number of hydrogen-bond donors (Lipinski definition) is 0.